The molecule has 0 spiro atoms. The number of carbonyl (C=O) groups is 2. The smallest absolute Gasteiger partial charge is 0.339 e. The summed E-state index contributed by atoms with van der Waals surface area (Å²) in [5, 5.41) is 4.21. The van der Waals surface area contributed by atoms with E-state index in [1.165, 1.54) is 0 Å². The van der Waals surface area contributed by atoms with E-state index >= 15 is 0 Å². The molecular formula is C20H16BrNO4. The van der Waals surface area contributed by atoms with Gasteiger partial charge in [-0.05, 0) is 45.6 Å². The number of ether oxygens (including phenoxy) is 2. The molecule has 26 heavy (non-hydrogen) atoms. The highest BCUT2D eigenvalue weighted by Crippen LogP contribution is 2.28. The Hall–Kier alpha value is -2.86. The second-order valence-electron chi connectivity index (χ2n) is 5.47. The number of anilines is 1. The maximum Gasteiger partial charge on any atom is 0.339 e. The molecule has 5 nitrogen and oxygen atoms in total. The van der Waals surface area contributed by atoms with Gasteiger partial charge in [0.25, 0.3) is 5.91 Å². The minimum absolute atomic E-state index is 0.374. The third-order valence-electron chi connectivity index (χ3n) is 3.81. The van der Waals surface area contributed by atoms with Gasteiger partial charge in [0.05, 0.1) is 18.4 Å². The van der Waals surface area contributed by atoms with E-state index in [0.29, 0.717) is 22.4 Å². The van der Waals surface area contributed by atoms with Gasteiger partial charge in [-0.15, -0.1) is 0 Å². The maximum absolute atomic E-state index is 12.4. The monoisotopic (exact) mass is 413 g/mol. The van der Waals surface area contributed by atoms with Crippen molar-refractivity contribution < 1.29 is 19.1 Å². The predicted octanol–water partition coefficient (Wildman–Crippen LogP) is 4.41. The molecule has 3 aromatic rings. The molecule has 1 N–H and O–H groups in total. The van der Waals surface area contributed by atoms with Crippen LogP contribution in [0.2, 0.25) is 0 Å². The Balaban J connectivity index is 1.72. The van der Waals surface area contributed by atoms with Gasteiger partial charge in [-0.3, -0.25) is 4.79 Å². The third-order valence-corrected chi connectivity index (χ3v) is 4.50. The molecule has 3 rings (SSSR count). The zero-order chi connectivity index (χ0) is 18.5. The number of methoxy groups -OCH3 is 1. The van der Waals surface area contributed by atoms with E-state index in [1.54, 1.807) is 31.4 Å². The van der Waals surface area contributed by atoms with E-state index in [0.717, 1.165) is 9.86 Å². The molecule has 0 aliphatic rings. The van der Waals surface area contributed by atoms with E-state index in [-0.39, 0.29) is 6.61 Å². The lowest BCUT2D eigenvalue weighted by molar-refractivity contribution is -0.119. The van der Waals surface area contributed by atoms with Gasteiger partial charge in [0.2, 0.25) is 0 Å². The summed E-state index contributed by atoms with van der Waals surface area (Å²) in [4.78, 5) is 24.5. The summed E-state index contributed by atoms with van der Waals surface area (Å²) in [6.45, 7) is -0.374. The van der Waals surface area contributed by atoms with Crippen molar-refractivity contribution in [1.82, 2.24) is 0 Å². The van der Waals surface area contributed by atoms with Crippen molar-refractivity contribution in [3.63, 3.8) is 0 Å². The standard InChI is InChI=1S/C20H16BrNO4/c1-25-18-11-10-15(13-6-2-3-7-14(13)18)20(24)26-12-19(23)22-17-9-5-4-8-16(17)21/h2-11H,12H2,1H3,(H,22,23). The van der Waals surface area contributed by atoms with Crippen molar-refractivity contribution in [2.45, 2.75) is 0 Å². The zero-order valence-electron chi connectivity index (χ0n) is 14.0. The van der Waals surface area contributed by atoms with Crippen LogP contribution in [0, 0.1) is 0 Å². The number of nitrogens with one attached hydrogen (secondary N) is 1. The molecule has 0 aliphatic heterocycles. The average molecular weight is 414 g/mol. The Morgan fingerprint density at radius 3 is 2.38 bits per heavy atom. The fraction of sp³-hybridized carbons (Fsp3) is 0.100. The number of amides is 1. The van der Waals surface area contributed by atoms with Gasteiger partial charge in [0, 0.05) is 9.86 Å². The number of benzene rings is 3. The van der Waals surface area contributed by atoms with E-state index in [4.69, 9.17) is 9.47 Å². The molecule has 0 fully saturated rings. The van der Waals surface area contributed by atoms with E-state index in [2.05, 4.69) is 21.2 Å². The summed E-state index contributed by atoms with van der Waals surface area (Å²) in [5.74, 6) is -0.307. The van der Waals surface area contributed by atoms with Gasteiger partial charge in [0.1, 0.15) is 5.75 Å². The molecule has 0 radical (unpaired) electrons. The van der Waals surface area contributed by atoms with E-state index in [1.807, 2.05) is 36.4 Å². The number of fused-ring (bicyclic) bond motifs is 1. The number of carbonyl (C=O) groups excluding carboxylic acids is 2. The number of rotatable bonds is 5. The van der Waals surface area contributed by atoms with E-state index in [9.17, 15) is 9.59 Å². The summed E-state index contributed by atoms with van der Waals surface area (Å²) in [7, 11) is 1.58. The lowest BCUT2D eigenvalue weighted by Gasteiger charge is -2.11. The quantitative estimate of drug-likeness (QED) is 0.629. The van der Waals surface area contributed by atoms with Crippen LogP contribution in [-0.2, 0) is 9.53 Å². The number of hydrogen-bond donors (Lipinski definition) is 1. The van der Waals surface area contributed by atoms with Crippen LogP contribution >= 0.6 is 15.9 Å². The normalized spacial score (nSPS) is 10.4. The second kappa shape index (κ2) is 8.01. The van der Waals surface area contributed by atoms with Gasteiger partial charge < -0.3 is 14.8 Å². The Bertz CT molecular complexity index is 971. The third kappa shape index (κ3) is 3.86. The van der Waals surface area contributed by atoms with Crippen molar-refractivity contribution in [3.8, 4) is 5.75 Å². The highest BCUT2D eigenvalue weighted by molar-refractivity contribution is 9.10. The minimum atomic E-state index is -0.564. The predicted molar refractivity (Wildman–Crippen MR) is 104 cm³/mol. The maximum atomic E-state index is 12.4. The molecule has 6 heteroatoms. The molecular weight excluding hydrogens is 398 g/mol. The van der Waals surface area contributed by atoms with Crippen LogP contribution in [0.25, 0.3) is 10.8 Å². The molecule has 0 bridgehead atoms. The molecule has 0 atom stereocenters. The van der Waals surface area contributed by atoms with Crippen molar-refractivity contribution >= 4 is 44.3 Å². The molecule has 0 saturated heterocycles. The van der Waals surface area contributed by atoms with Crippen LogP contribution in [0.3, 0.4) is 0 Å². The largest absolute Gasteiger partial charge is 0.496 e. The average Bonchev–Trinajstić information content (AvgIpc) is 2.67. The van der Waals surface area contributed by atoms with Crippen LogP contribution in [0.5, 0.6) is 5.75 Å². The highest BCUT2D eigenvalue weighted by Gasteiger charge is 2.15. The number of esters is 1. The Morgan fingerprint density at radius 2 is 1.65 bits per heavy atom. The van der Waals surface area contributed by atoms with Crippen LogP contribution in [-0.4, -0.2) is 25.6 Å². The SMILES string of the molecule is COc1ccc(C(=O)OCC(=O)Nc2ccccc2Br)c2ccccc12. The first kappa shape index (κ1) is 17.9. The minimum Gasteiger partial charge on any atom is -0.496 e. The van der Waals surface area contributed by atoms with Crippen LogP contribution in [0.4, 0.5) is 5.69 Å². The molecule has 3 aromatic carbocycles. The fourth-order valence-corrected chi connectivity index (χ4v) is 2.97. The summed E-state index contributed by atoms with van der Waals surface area (Å²) in [6.07, 6.45) is 0. The zero-order valence-corrected chi connectivity index (χ0v) is 15.6. The molecule has 0 unspecified atom stereocenters. The summed E-state index contributed by atoms with van der Waals surface area (Å²) in [5.41, 5.74) is 0.999. The van der Waals surface area contributed by atoms with E-state index < -0.39 is 11.9 Å². The molecule has 0 aromatic heterocycles. The number of halogens is 1. The summed E-state index contributed by atoms with van der Waals surface area (Å²) in [6, 6.07) is 17.9. The van der Waals surface area contributed by atoms with Gasteiger partial charge in [-0.2, -0.15) is 0 Å². The van der Waals surface area contributed by atoms with Crippen LogP contribution < -0.4 is 10.1 Å². The Morgan fingerprint density at radius 1 is 0.962 bits per heavy atom. The van der Waals surface area contributed by atoms with Crippen molar-refractivity contribution in [2.75, 3.05) is 19.0 Å². The molecule has 0 aliphatic carbocycles. The van der Waals surface area contributed by atoms with Gasteiger partial charge in [-0.1, -0.05) is 36.4 Å². The van der Waals surface area contributed by atoms with Crippen LogP contribution in [0.15, 0.2) is 65.1 Å². The first-order valence-electron chi connectivity index (χ1n) is 7.87. The van der Waals surface area contributed by atoms with Gasteiger partial charge in [-0.25, -0.2) is 4.79 Å². The lowest BCUT2D eigenvalue weighted by atomic mass is 10.0. The summed E-state index contributed by atoms with van der Waals surface area (Å²) >= 11 is 3.35. The molecule has 132 valence electrons. The molecule has 0 heterocycles. The first-order valence-corrected chi connectivity index (χ1v) is 8.66. The van der Waals surface area contributed by atoms with Crippen molar-refractivity contribution in [3.05, 3.63) is 70.7 Å². The van der Waals surface area contributed by atoms with Crippen molar-refractivity contribution in [1.29, 1.82) is 0 Å². The molecule has 1 amide bonds. The topological polar surface area (TPSA) is 64.6 Å². The van der Waals surface area contributed by atoms with Gasteiger partial charge >= 0.3 is 5.97 Å². The highest BCUT2D eigenvalue weighted by atomic mass is 79.9. The lowest BCUT2D eigenvalue weighted by Crippen LogP contribution is -2.21. The second-order valence-corrected chi connectivity index (χ2v) is 6.32. The van der Waals surface area contributed by atoms with Gasteiger partial charge in [0.15, 0.2) is 6.61 Å². The number of para-hydroxylation sites is 1. The number of hydrogen-bond acceptors (Lipinski definition) is 4. The Labute approximate surface area is 159 Å². The molecule has 0 saturated carbocycles. The Kier molecular flexibility index (Phi) is 5.53. The fourth-order valence-electron chi connectivity index (χ4n) is 2.59. The van der Waals surface area contributed by atoms with Crippen molar-refractivity contribution in [2.24, 2.45) is 0 Å². The summed E-state index contributed by atoms with van der Waals surface area (Å²) < 4.78 is 11.2. The first-order chi connectivity index (χ1) is 12.6. The van der Waals surface area contributed by atoms with Crippen LogP contribution in [0.1, 0.15) is 10.4 Å².